The molecule has 1 heterocycles. The Balaban J connectivity index is 1.88. The maximum Gasteiger partial charge on any atom is 0.308 e. The van der Waals surface area contributed by atoms with Crippen molar-refractivity contribution in [3.8, 4) is 0 Å². The lowest BCUT2D eigenvalue weighted by Gasteiger charge is -2.14. The van der Waals surface area contributed by atoms with Gasteiger partial charge in [0.1, 0.15) is 0 Å². The summed E-state index contributed by atoms with van der Waals surface area (Å²) in [7, 11) is 0. The Morgan fingerprint density at radius 3 is 2.80 bits per heavy atom. The van der Waals surface area contributed by atoms with Gasteiger partial charge >= 0.3 is 5.97 Å². The molecule has 1 amide bonds. The fourth-order valence-corrected chi connectivity index (χ4v) is 2.68. The fourth-order valence-electron chi connectivity index (χ4n) is 2.49. The van der Waals surface area contributed by atoms with Crippen molar-refractivity contribution >= 4 is 29.2 Å². The largest absolute Gasteiger partial charge is 0.481 e. The number of benzene rings is 1. The number of hydrogen-bond donors (Lipinski definition) is 2. The van der Waals surface area contributed by atoms with E-state index in [4.69, 9.17) is 16.7 Å². The first-order valence-electron chi connectivity index (χ1n) is 6.46. The Hall–Kier alpha value is -1.59. The van der Waals surface area contributed by atoms with Crippen molar-refractivity contribution in [3.63, 3.8) is 0 Å². The van der Waals surface area contributed by atoms with Crippen LogP contribution in [0.25, 0.3) is 0 Å². The van der Waals surface area contributed by atoms with Crippen molar-refractivity contribution in [1.29, 1.82) is 0 Å². The summed E-state index contributed by atoms with van der Waals surface area (Å²) in [6.45, 7) is 3.13. The second kappa shape index (κ2) is 6.24. The van der Waals surface area contributed by atoms with E-state index in [1.807, 2.05) is 11.8 Å². The minimum atomic E-state index is -0.796. The summed E-state index contributed by atoms with van der Waals surface area (Å²) in [5, 5.41) is 12.4. The third-order valence-corrected chi connectivity index (χ3v) is 3.72. The third-order valence-electron chi connectivity index (χ3n) is 3.48. The smallest absolute Gasteiger partial charge is 0.308 e. The van der Waals surface area contributed by atoms with Crippen molar-refractivity contribution in [2.24, 2.45) is 11.8 Å². The molecule has 1 saturated heterocycles. The summed E-state index contributed by atoms with van der Waals surface area (Å²) in [6, 6.07) is 6.93. The molecule has 0 saturated carbocycles. The highest BCUT2D eigenvalue weighted by atomic mass is 35.5. The molecule has 0 spiro atoms. The number of nitrogens with one attached hydrogen (secondary N) is 1. The molecule has 2 atom stereocenters. The number of hydrogen-bond acceptors (Lipinski definition) is 3. The second-order valence-corrected chi connectivity index (χ2v) is 5.61. The van der Waals surface area contributed by atoms with Crippen LogP contribution in [0.3, 0.4) is 0 Å². The van der Waals surface area contributed by atoms with Crippen LogP contribution in [0, 0.1) is 11.8 Å². The van der Waals surface area contributed by atoms with Crippen LogP contribution in [0.5, 0.6) is 0 Å². The molecule has 5 nitrogen and oxygen atoms in total. The molecule has 0 aliphatic carbocycles. The van der Waals surface area contributed by atoms with Crippen molar-refractivity contribution in [3.05, 3.63) is 29.3 Å². The first-order chi connectivity index (χ1) is 9.45. The minimum absolute atomic E-state index is 0.0615. The number of amides is 1. The number of nitrogens with zero attached hydrogens (tertiary/aromatic N) is 1. The number of halogens is 1. The summed E-state index contributed by atoms with van der Waals surface area (Å²) in [5.74, 6) is -1.29. The zero-order valence-electron chi connectivity index (χ0n) is 11.2. The molecular formula is C14H17ClN2O3. The molecular weight excluding hydrogens is 280 g/mol. The molecule has 20 heavy (non-hydrogen) atoms. The van der Waals surface area contributed by atoms with E-state index in [9.17, 15) is 9.59 Å². The van der Waals surface area contributed by atoms with Crippen molar-refractivity contribution in [2.75, 3.05) is 25.0 Å². The molecule has 108 valence electrons. The summed E-state index contributed by atoms with van der Waals surface area (Å²) in [6.07, 6.45) is 0. The molecule has 1 aliphatic heterocycles. The number of carboxylic acids is 1. The maximum absolute atomic E-state index is 11.9. The Bertz CT molecular complexity index is 521. The van der Waals surface area contributed by atoms with E-state index in [1.165, 1.54) is 0 Å². The summed E-state index contributed by atoms with van der Waals surface area (Å²) < 4.78 is 0. The predicted molar refractivity (Wildman–Crippen MR) is 76.8 cm³/mol. The van der Waals surface area contributed by atoms with Crippen LogP contribution < -0.4 is 5.32 Å². The lowest BCUT2D eigenvalue weighted by Crippen LogP contribution is -2.32. The van der Waals surface area contributed by atoms with E-state index in [-0.39, 0.29) is 18.4 Å². The van der Waals surface area contributed by atoms with Gasteiger partial charge in [-0.05, 0) is 24.1 Å². The number of carboxylic acid groups (broad SMARTS) is 1. The highest BCUT2D eigenvalue weighted by Crippen LogP contribution is 2.23. The SMILES string of the molecule is C[C@@H]1CN(CC(=O)Nc2cccc(Cl)c2)C[C@H]1C(=O)O. The van der Waals surface area contributed by atoms with Gasteiger partial charge in [-0.2, -0.15) is 0 Å². The number of rotatable bonds is 4. The molecule has 1 fully saturated rings. The van der Waals surface area contributed by atoms with E-state index >= 15 is 0 Å². The van der Waals surface area contributed by atoms with E-state index in [1.54, 1.807) is 24.3 Å². The van der Waals surface area contributed by atoms with Crippen LogP contribution >= 0.6 is 11.6 Å². The predicted octanol–water partition coefficient (Wildman–Crippen LogP) is 1.93. The topological polar surface area (TPSA) is 69.6 Å². The van der Waals surface area contributed by atoms with Gasteiger partial charge in [-0.25, -0.2) is 0 Å². The molecule has 0 aromatic heterocycles. The van der Waals surface area contributed by atoms with Gasteiger partial charge in [0.05, 0.1) is 12.5 Å². The number of anilines is 1. The zero-order chi connectivity index (χ0) is 14.7. The number of aliphatic carboxylic acids is 1. The van der Waals surface area contributed by atoms with Gasteiger partial charge in [0, 0.05) is 23.8 Å². The standard InChI is InChI=1S/C14H17ClN2O3/c1-9-6-17(7-12(9)14(19)20)8-13(18)16-11-4-2-3-10(15)5-11/h2-5,9,12H,6-8H2,1H3,(H,16,18)(H,19,20)/t9-,12-/m1/s1. The zero-order valence-corrected chi connectivity index (χ0v) is 11.9. The molecule has 2 N–H and O–H groups in total. The fraction of sp³-hybridized carbons (Fsp3) is 0.429. The molecule has 0 unspecified atom stereocenters. The van der Waals surface area contributed by atoms with Crippen LogP contribution in [0.1, 0.15) is 6.92 Å². The molecule has 1 aromatic rings. The van der Waals surface area contributed by atoms with Gasteiger partial charge in [0.25, 0.3) is 0 Å². The van der Waals surface area contributed by atoms with Gasteiger partial charge in [-0.3, -0.25) is 14.5 Å². The van der Waals surface area contributed by atoms with E-state index in [0.29, 0.717) is 23.8 Å². The highest BCUT2D eigenvalue weighted by Gasteiger charge is 2.35. The Morgan fingerprint density at radius 1 is 1.45 bits per heavy atom. The van der Waals surface area contributed by atoms with Crippen LogP contribution in [-0.2, 0) is 9.59 Å². The molecule has 2 rings (SSSR count). The average molecular weight is 297 g/mol. The molecule has 1 aliphatic rings. The quantitative estimate of drug-likeness (QED) is 0.891. The molecule has 0 bridgehead atoms. The van der Waals surface area contributed by atoms with Gasteiger partial charge in [-0.1, -0.05) is 24.6 Å². The van der Waals surface area contributed by atoms with Crippen LogP contribution in [0.2, 0.25) is 5.02 Å². The van der Waals surface area contributed by atoms with Crippen molar-refractivity contribution in [2.45, 2.75) is 6.92 Å². The van der Waals surface area contributed by atoms with Crippen LogP contribution in [0.15, 0.2) is 24.3 Å². The van der Waals surface area contributed by atoms with Gasteiger partial charge in [0.2, 0.25) is 5.91 Å². The lowest BCUT2D eigenvalue weighted by atomic mass is 9.99. The Labute approximate surface area is 122 Å². The monoisotopic (exact) mass is 296 g/mol. The molecule has 0 radical (unpaired) electrons. The Kier molecular flexibility index (Phi) is 4.62. The van der Waals surface area contributed by atoms with Gasteiger partial charge < -0.3 is 10.4 Å². The first-order valence-corrected chi connectivity index (χ1v) is 6.84. The highest BCUT2D eigenvalue weighted by molar-refractivity contribution is 6.30. The van der Waals surface area contributed by atoms with E-state index in [2.05, 4.69) is 5.32 Å². The maximum atomic E-state index is 11.9. The summed E-state index contributed by atoms with van der Waals surface area (Å²) in [4.78, 5) is 24.8. The molecule has 1 aromatic carbocycles. The van der Waals surface area contributed by atoms with Crippen LogP contribution in [0.4, 0.5) is 5.69 Å². The summed E-state index contributed by atoms with van der Waals surface area (Å²) in [5.41, 5.74) is 0.643. The number of likely N-dealkylation sites (tertiary alicyclic amines) is 1. The Morgan fingerprint density at radius 2 is 2.20 bits per heavy atom. The number of carbonyl (C=O) groups excluding carboxylic acids is 1. The van der Waals surface area contributed by atoms with Crippen molar-refractivity contribution < 1.29 is 14.7 Å². The first kappa shape index (κ1) is 14.8. The average Bonchev–Trinajstić information content (AvgIpc) is 2.70. The van der Waals surface area contributed by atoms with E-state index < -0.39 is 11.9 Å². The third kappa shape index (κ3) is 3.71. The van der Waals surface area contributed by atoms with E-state index in [0.717, 1.165) is 0 Å². The summed E-state index contributed by atoms with van der Waals surface area (Å²) >= 11 is 5.84. The number of carbonyl (C=O) groups is 2. The van der Waals surface area contributed by atoms with Gasteiger partial charge in [0.15, 0.2) is 0 Å². The van der Waals surface area contributed by atoms with Gasteiger partial charge in [-0.15, -0.1) is 0 Å². The lowest BCUT2D eigenvalue weighted by molar-refractivity contribution is -0.142. The van der Waals surface area contributed by atoms with Crippen LogP contribution in [-0.4, -0.2) is 41.5 Å². The second-order valence-electron chi connectivity index (χ2n) is 5.17. The normalized spacial score (nSPS) is 22.7. The molecule has 6 heteroatoms. The van der Waals surface area contributed by atoms with Crippen molar-refractivity contribution in [1.82, 2.24) is 4.90 Å². The minimum Gasteiger partial charge on any atom is -0.481 e.